The molecule has 2 N–H and O–H groups in total. The van der Waals surface area contributed by atoms with Gasteiger partial charge in [0.15, 0.2) is 5.82 Å². The van der Waals surface area contributed by atoms with Crippen LogP contribution in [0.3, 0.4) is 0 Å². The molecule has 2 rings (SSSR count). The van der Waals surface area contributed by atoms with Crippen molar-refractivity contribution in [3.05, 3.63) is 18.2 Å². The number of nitrogens with one attached hydrogen (secondary N) is 2. The van der Waals surface area contributed by atoms with Crippen molar-refractivity contribution < 1.29 is 9.53 Å². The third-order valence-corrected chi connectivity index (χ3v) is 2.81. The number of carbonyl (C=O) groups is 1. The van der Waals surface area contributed by atoms with Gasteiger partial charge >= 0.3 is 0 Å². The van der Waals surface area contributed by atoms with Gasteiger partial charge in [0.2, 0.25) is 0 Å². The van der Waals surface area contributed by atoms with Crippen LogP contribution in [-0.4, -0.2) is 35.6 Å². The fourth-order valence-electron chi connectivity index (χ4n) is 1.90. The molecular formula is C11H17N3O2. The van der Waals surface area contributed by atoms with Crippen molar-refractivity contribution in [2.75, 3.05) is 19.8 Å². The summed E-state index contributed by atoms with van der Waals surface area (Å²) < 4.78 is 5.38. The molecule has 1 aromatic rings. The van der Waals surface area contributed by atoms with Crippen LogP contribution in [0, 0.1) is 5.92 Å². The molecule has 1 saturated heterocycles. The Balaban J connectivity index is 1.66. The van der Waals surface area contributed by atoms with Gasteiger partial charge in [0, 0.05) is 32.2 Å². The zero-order valence-electron chi connectivity index (χ0n) is 9.24. The quantitative estimate of drug-likeness (QED) is 0.798. The summed E-state index contributed by atoms with van der Waals surface area (Å²) in [7, 11) is 0. The summed E-state index contributed by atoms with van der Waals surface area (Å²) in [4.78, 5) is 18.2. The lowest BCUT2D eigenvalue weighted by molar-refractivity contribution is 0.0514. The van der Waals surface area contributed by atoms with E-state index in [1.165, 1.54) is 6.42 Å². The molecule has 0 spiro atoms. The minimum absolute atomic E-state index is 0.137. The highest BCUT2D eigenvalue weighted by molar-refractivity contribution is 5.90. The van der Waals surface area contributed by atoms with Gasteiger partial charge in [0.1, 0.15) is 0 Å². The second kappa shape index (κ2) is 5.65. The number of imidazole rings is 1. The number of aromatic nitrogens is 2. The Morgan fingerprint density at radius 1 is 1.69 bits per heavy atom. The van der Waals surface area contributed by atoms with Crippen LogP contribution in [0.1, 0.15) is 29.9 Å². The summed E-state index contributed by atoms with van der Waals surface area (Å²) in [5.74, 6) is 0.826. The fraction of sp³-hybridized carbons (Fsp3) is 0.636. The van der Waals surface area contributed by atoms with Crippen molar-refractivity contribution in [3.63, 3.8) is 0 Å². The Labute approximate surface area is 94.6 Å². The number of hydrogen-bond donors (Lipinski definition) is 2. The Hall–Kier alpha value is -1.36. The average Bonchev–Trinajstić information content (AvgIpc) is 2.84. The highest BCUT2D eigenvalue weighted by Gasteiger charge is 2.14. The monoisotopic (exact) mass is 223 g/mol. The molecule has 2 heterocycles. The number of nitrogens with zero attached hydrogens (tertiary/aromatic N) is 1. The molecule has 0 saturated carbocycles. The maximum absolute atomic E-state index is 11.5. The van der Waals surface area contributed by atoms with Gasteiger partial charge in [-0.2, -0.15) is 0 Å². The first-order chi connectivity index (χ1) is 7.86. The van der Waals surface area contributed by atoms with Gasteiger partial charge in [-0.3, -0.25) is 4.79 Å². The van der Waals surface area contributed by atoms with Gasteiger partial charge in [-0.25, -0.2) is 4.98 Å². The van der Waals surface area contributed by atoms with E-state index in [1.807, 2.05) is 0 Å². The van der Waals surface area contributed by atoms with E-state index in [1.54, 1.807) is 12.4 Å². The number of hydrogen-bond acceptors (Lipinski definition) is 3. The molecule has 0 bridgehead atoms. The van der Waals surface area contributed by atoms with Crippen LogP contribution < -0.4 is 5.32 Å². The molecule has 1 aromatic heterocycles. The molecular weight excluding hydrogens is 206 g/mol. The summed E-state index contributed by atoms with van der Waals surface area (Å²) in [5.41, 5.74) is 0. The fourth-order valence-corrected chi connectivity index (χ4v) is 1.90. The predicted molar refractivity (Wildman–Crippen MR) is 59.1 cm³/mol. The van der Waals surface area contributed by atoms with E-state index in [4.69, 9.17) is 4.74 Å². The molecule has 88 valence electrons. The Bertz CT molecular complexity index is 318. The zero-order chi connectivity index (χ0) is 11.2. The first-order valence-electron chi connectivity index (χ1n) is 5.71. The van der Waals surface area contributed by atoms with Crippen LogP contribution in [0.2, 0.25) is 0 Å². The van der Waals surface area contributed by atoms with Crippen molar-refractivity contribution >= 4 is 5.91 Å². The molecule has 1 atom stereocenters. The van der Waals surface area contributed by atoms with E-state index in [-0.39, 0.29) is 5.91 Å². The first kappa shape index (κ1) is 11.1. The van der Waals surface area contributed by atoms with Gasteiger partial charge in [-0.15, -0.1) is 0 Å². The lowest BCUT2D eigenvalue weighted by atomic mass is 9.99. The van der Waals surface area contributed by atoms with Crippen LogP contribution in [0.15, 0.2) is 12.4 Å². The van der Waals surface area contributed by atoms with Gasteiger partial charge in [0.25, 0.3) is 5.91 Å². The highest BCUT2D eigenvalue weighted by Crippen LogP contribution is 2.16. The molecule has 1 aliphatic heterocycles. The van der Waals surface area contributed by atoms with E-state index in [0.717, 1.165) is 26.1 Å². The normalized spacial score (nSPS) is 20.6. The van der Waals surface area contributed by atoms with E-state index >= 15 is 0 Å². The van der Waals surface area contributed by atoms with E-state index < -0.39 is 0 Å². The third kappa shape index (κ3) is 3.06. The lowest BCUT2D eigenvalue weighted by Gasteiger charge is -2.21. The maximum Gasteiger partial charge on any atom is 0.287 e. The molecule has 1 aliphatic rings. The Morgan fingerprint density at radius 3 is 3.31 bits per heavy atom. The summed E-state index contributed by atoms with van der Waals surface area (Å²) >= 11 is 0. The second-order valence-electron chi connectivity index (χ2n) is 4.07. The standard InChI is InChI=1S/C11H17N3O2/c15-11(10-12-5-6-13-10)14-4-3-9-2-1-7-16-8-9/h5-6,9H,1-4,7-8H2,(H,12,13)(H,14,15). The molecule has 16 heavy (non-hydrogen) atoms. The summed E-state index contributed by atoms with van der Waals surface area (Å²) in [6.45, 7) is 2.40. The highest BCUT2D eigenvalue weighted by atomic mass is 16.5. The molecule has 5 heteroatoms. The number of rotatable bonds is 4. The number of H-pyrrole nitrogens is 1. The summed E-state index contributed by atoms with van der Waals surface area (Å²) in [6, 6.07) is 0. The molecule has 0 radical (unpaired) electrons. The molecule has 0 aliphatic carbocycles. The SMILES string of the molecule is O=C(NCCC1CCCOC1)c1ncc[nH]1. The Kier molecular flexibility index (Phi) is 3.93. The maximum atomic E-state index is 11.5. The van der Waals surface area contributed by atoms with E-state index in [9.17, 15) is 4.79 Å². The van der Waals surface area contributed by atoms with E-state index in [2.05, 4.69) is 15.3 Å². The van der Waals surface area contributed by atoms with Crippen LogP contribution in [0.4, 0.5) is 0 Å². The van der Waals surface area contributed by atoms with Crippen LogP contribution >= 0.6 is 0 Å². The molecule has 0 aromatic carbocycles. The predicted octanol–water partition coefficient (Wildman–Crippen LogP) is 0.956. The number of amides is 1. The minimum Gasteiger partial charge on any atom is -0.381 e. The largest absolute Gasteiger partial charge is 0.381 e. The topological polar surface area (TPSA) is 67.0 Å². The molecule has 1 fully saturated rings. The Morgan fingerprint density at radius 2 is 2.62 bits per heavy atom. The van der Waals surface area contributed by atoms with E-state index in [0.29, 0.717) is 18.3 Å². The first-order valence-corrected chi connectivity index (χ1v) is 5.71. The number of aromatic amines is 1. The smallest absolute Gasteiger partial charge is 0.287 e. The van der Waals surface area contributed by atoms with Gasteiger partial charge in [0.05, 0.1) is 0 Å². The summed E-state index contributed by atoms with van der Waals surface area (Å²) in [5, 5.41) is 2.84. The molecule has 1 unspecified atom stereocenters. The van der Waals surface area contributed by atoms with Crippen molar-refractivity contribution in [2.24, 2.45) is 5.92 Å². The third-order valence-electron chi connectivity index (χ3n) is 2.81. The van der Waals surface area contributed by atoms with Gasteiger partial charge < -0.3 is 15.0 Å². The minimum atomic E-state index is -0.137. The summed E-state index contributed by atoms with van der Waals surface area (Å²) in [6.07, 6.45) is 6.54. The van der Waals surface area contributed by atoms with Crippen molar-refractivity contribution in [2.45, 2.75) is 19.3 Å². The van der Waals surface area contributed by atoms with Gasteiger partial charge in [-0.05, 0) is 25.2 Å². The zero-order valence-corrected chi connectivity index (χ0v) is 9.24. The number of ether oxygens (including phenoxy) is 1. The van der Waals surface area contributed by atoms with Crippen molar-refractivity contribution in [1.29, 1.82) is 0 Å². The molecule has 1 amide bonds. The number of carbonyl (C=O) groups excluding carboxylic acids is 1. The molecule has 5 nitrogen and oxygen atoms in total. The van der Waals surface area contributed by atoms with Crippen LogP contribution in [0.25, 0.3) is 0 Å². The second-order valence-corrected chi connectivity index (χ2v) is 4.07. The van der Waals surface area contributed by atoms with Crippen LogP contribution in [-0.2, 0) is 4.74 Å². The van der Waals surface area contributed by atoms with Crippen molar-refractivity contribution in [1.82, 2.24) is 15.3 Å². The van der Waals surface area contributed by atoms with Crippen molar-refractivity contribution in [3.8, 4) is 0 Å². The average molecular weight is 223 g/mol. The van der Waals surface area contributed by atoms with Gasteiger partial charge in [-0.1, -0.05) is 0 Å². The van der Waals surface area contributed by atoms with Crippen LogP contribution in [0.5, 0.6) is 0 Å². The lowest BCUT2D eigenvalue weighted by Crippen LogP contribution is -2.28.